The molecule has 8 heteroatoms. The van der Waals surface area contributed by atoms with Crippen LogP contribution >= 0.6 is 11.3 Å². The summed E-state index contributed by atoms with van der Waals surface area (Å²) >= 11 is 1.39. The second-order valence-corrected chi connectivity index (χ2v) is 7.62. The Kier molecular flexibility index (Phi) is 7.37. The highest BCUT2D eigenvalue weighted by Gasteiger charge is 2.28. The van der Waals surface area contributed by atoms with Gasteiger partial charge in [0.05, 0.1) is 12.8 Å². The highest BCUT2D eigenvalue weighted by atomic mass is 32.1. The maximum atomic E-state index is 13.0. The molecule has 2 heterocycles. The molecule has 3 rings (SSSR count). The summed E-state index contributed by atoms with van der Waals surface area (Å²) in [7, 11) is 1.62. The molecule has 1 fully saturated rings. The van der Waals surface area contributed by atoms with Crippen molar-refractivity contribution >= 4 is 34.7 Å². The highest BCUT2D eigenvalue weighted by molar-refractivity contribution is 7.11. The van der Waals surface area contributed by atoms with Crippen molar-refractivity contribution < 1.29 is 9.53 Å². The number of nitrogens with zero attached hydrogens (tertiary/aromatic N) is 3. The SMILES string of the molecule is CCCN(C(=O)c1csc(/C(C=Nc2cccc(OC)c2)=C/N)n1)[C@H]1CCNC1. The average molecular weight is 414 g/mol. The van der Waals surface area contributed by atoms with Crippen LogP contribution in [0.1, 0.15) is 35.3 Å². The molecular formula is C21H27N5O2S. The van der Waals surface area contributed by atoms with E-state index in [9.17, 15) is 4.79 Å². The summed E-state index contributed by atoms with van der Waals surface area (Å²) in [5, 5.41) is 5.79. The van der Waals surface area contributed by atoms with Gasteiger partial charge < -0.3 is 20.7 Å². The summed E-state index contributed by atoms with van der Waals surface area (Å²) in [6.45, 7) is 4.60. The smallest absolute Gasteiger partial charge is 0.273 e. The van der Waals surface area contributed by atoms with Crippen molar-refractivity contribution in [2.24, 2.45) is 10.7 Å². The second-order valence-electron chi connectivity index (χ2n) is 6.76. The van der Waals surface area contributed by atoms with E-state index in [-0.39, 0.29) is 11.9 Å². The Morgan fingerprint density at radius 2 is 2.38 bits per heavy atom. The van der Waals surface area contributed by atoms with Crippen LogP contribution in [0.5, 0.6) is 5.75 Å². The maximum absolute atomic E-state index is 13.0. The van der Waals surface area contributed by atoms with Gasteiger partial charge in [0.15, 0.2) is 0 Å². The number of carbonyl (C=O) groups is 1. The van der Waals surface area contributed by atoms with Crippen LogP contribution in [0, 0.1) is 0 Å². The molecule has 3 N–H and O–H groups in total. The van der Waals surface area contributed by atoms with E-state index in [2.05, 4.69) is 22.2 Å². The number of ether oxygens (including phenoxy) is 1. The molecule has 0 saturated carbocycles. The first-order valence-corrected chi connectivity index (χ1v) is 10.6. The van der Waals surface area contributed by atoms with Crippen molar-refractivity contribution in [2.75, 3.05) is 26.7 Å². The maximum Gasteiger partial charge on any atom is 0.273 e. The first-order chi connectivity index (χ1) is 14.2. The summed E-state index contributed by atoms with van der Waals surface area (Å²) in [5.74, 6) is 0.710. The van der Waals surface area contributed by atoms with Crippen molar-refractivity contribution in [1.29, 1.82) is 0 Å². The van der Waals surface area contributed by atoms with Crippen LogP contribution < -0.4 is 15.8 Å². The van der Waals surface area contributed by atoms with E-state index >= 15 is 0 Å². The predicted octanol–water partition coefficient (Wildman–Crippen LogP) is 3.07. The minimum Gasteiger partial charge on any atom is -0.497 e. The Balaban J connectivity index is 1.75. The molecule has 1 aromatic heterocycles. The lowest BCUT2D eigenvalue weighted by atomic mass is 10.2. The number of thiazole rings is 1. The van der Waals surface area contributed by atoms with Gasteiger partial charge in [-0.15, -0.1) is 11.3 Å². The summed E-state index contributed by atoms with van der Waals surface area (Å²) in [6, 6.07) is 7.67. The number of hydrogen-bond acceptors (Lipinski definition) is 7. The molecule has 1 amide bonds. The Morgan fingerprint density at radius 1 is 1.52 bits per heavy atom. The van der Waals surface area contributed by atoms with Crippen LogP contribution in [0.3, 0.4) is 0 Å². The molecule has 0 aliphatic carbocycles. The molecule has 1 saturated heterocycles. The molecule has 1 aliphatic heterocycles. The lowest BCUT2D eigenvalue weighted by Gasteiger charge is -2.27. The Bertz CT molecular complexity index is 887. The molecule has 0 radical (unpaired) electrons. The third-order valence-corrected chi connectivity index (χ3v) is 5.65. The lowest BCUT2D eigenvalue weighted by molar-refractivity contribution is 0.0687. The normalized spacial score (nSPS) is 17.0. The van der Waals surface area contributed by atoms with Gasteiger partial charge in [0.1, 0.15) is 16.5 Å². The number of allylic oxidation sites excluding steroid dienone is 1. The minimum atomic E-state index is -0.0239. The molecule has 0 bridgehead atoms. The van der Waals surface area contributed by atoms with Gasteiger partial charge in [-0.2, -0.15) is 0 Å². The van der Waals surface area contributed by atoms with Crippen molar-refractivity contribution in [3.8, 4) is 5.75 Å². The zero-order valence-corrected chi connectivity index (χ0v) is 17.6. The summed E-state index contributed by atoms with van der Waals surface area (Å²) in [4.78, 5) is 24.0. The first-order valence-electron chi connectivity index (χ1n) is 9.73. The Morgan fingerprint density at radius 3 is 3.07 bits per heavy atom. The number of nitrogens with two attached hydrogens (primary N) is 1. The van der Waals surface area contributed by atoms with Gasteiger partial charge in [0.25, 0.3) is 5.91 Å². The summed E-state index contributed by atoms with van der Waals surface area (Å²) in [6.07, 6.45) is 5.01. The lowest BCUT2D eigenvalue weighted by Crippen LogP contribution is -2.42. The molecule has 2 aromatic rings. The molecule has 1 aliphatic rings. The van der Waals surface area contributed by atoms with Gasteiger partial charge in [-0.25, -0.2) is 4.98 Å². The van der Waals surface area contributed by atoms with E-state index in [0.717, 1.165) is 43.9 Å². The monoisotopic (exact) mass is 413 g/mol. The molecule has 0 unspecified atom stereocenters. The van der Waals surface area contributed by atoms with Gasteiger partial charge in [0.2, 0.25) is 0 Å². The van der Waals surface area contributed by atoms with Crippen LogP contribution in [-0.2, 0) is 0 Å². The van der Waals surface area contributed by atoms with Crippen LogP contribution in [0.25, 0.3) is 5.57 Å². The zero-order chi connectivity index (χ0) is 20.6. The molecule has 7 nitrogen and oxygen atoms in total. The highest BCUT2D eigenvalue weighted by Crippen LogP contribution is 2.23. The number of nitrogens with one attached hydrogen (secondary N) is 1. The van der Waals surface area contributed by atoms with Crippen molar-refractivity contribution in [3.05, 3.63) is 46.5 Å². The molecule has 0 spiro atoms. The van der Waals surface area contributed by atoms with E-state index < -0.39 is 0 Å². The van der Waals surface area contributed by atoms with Gasteiger partial charge in [-0.1, -0.05) is 13.0 Å². The summed E-state index contributed by atoms with van der Waals surface area (Å²) in [5.41, 5.74) is 7.68. The molecular weight excluding hydrogens is 386 g/mol. The third-order valence-electron chi connectivity index (χ3n) is 4.76. The van der Waals surface area contributed by atoms with Gasteiger partial charge in [0, 0.05) is 48.6 Å². The number of amides is 1. The van der Waals surface area contributed by atoms with E-state index in [4.69, 9.17) is 10.5 Å². The number of aromatic nitrogens is 1. The minimum absolute atomic E-state index is 0.0239. The molecule has 1 aromatic carbocycles. The van der Waals surface area contributed by atoms with Gasteiger partial charge in [-0.05, 0) is 31.5 Å². The third kappa shape index (κ3) is 5.21. The molecule has 1 atom stereocenters. The van der Waals surface area contributed by atoms with E-state index in [1.165, 1.54) is 17.5 Å². The molecule has 29 heavy (non-hydrogen) atoms. The zero-order valence-electron chi connectivity index (χ0n) is 16.8. The quantitative estimate of drug-likeness (QED) is 0.649. The first kappa shape index (κ1) is 21.0. The van der Waals surface area contributed by atoms with E-state index in [0.29, 0.717) is 16.3 Å². The van der Waals surface area contributed by atoms with Crippen molar-refractivity contribution in [1.82, 2.24) is 15.2 Å². The van der Waals surface area contributed by atoms with E-state index in [1.54, 1.807) is 18.7 Å². The Labute approximate surface area is 175 Å². The Hall–Kier alpha value is -2.71. The fraction of sp³-hybridized carbons (Fsp3) is 0.381. The van der Waals surface area contributed by atoms with Crippen LogP contribution in [0.15, 0.2) is 40.8 Å². The number of aliphatic imine (C=N–C) groups is 1. The van der Waals surface area contributed by atoms with Crippen molar-refractivity contribution in [3.63, 3.8) is 0 Å². The van der Waals surface area contributed by atoms with Crippen LogP contribution in [-0.4, -0.2) is 54.8 Å². The number of rotatable bonds is 8. The number of hydrogen-bond donors (Lipinski definition) is 2. The van der Waals surface area contributed by atoms with Crippen molar-refractivity contribution in [2.45, 2.75) is 25.8 Å². The molecule has 154 valence electrons. The fourth-order valence-corrected chi connectivity index (χ4v) is 4.04. The fourth-order valence-electron chi connectivity index (χ4n) is 3.25. The summed E-state index contributed by atoms with van der Waals surface area (Å²) < 4.78 is 5.22. The predicted molar refractivity (Wildman–Crippen MR) is 118 cm³/mol. The largest absolute Gasteiger partial charge is 0.497 e. The number of carbonyl (C=O) groups excluding carboxylic acids is 1. The van der Waals surface area contributed by atoms with Gasteiger partial charge >= 0.3 is 0 Å². The average Bonchev–Trinajstić information content (AvgIpc) is 3.45. The van der Waals surface area contributed by atoms with E-state index in [1.807, 2.05) is 29.2 Å². The van der Waals surface area contributed by atoms with Crippen LogP contribution in [0.4, 0.5) is 5.69 Å². The second kappa shape index (κ2) is 10.2. The van der Waals surface area contributed by atoms with Crippen LogP contribution in [0.2, 0.25) is 0 Å². The standard InChI is InChI=1S/C21H27N5O2S/c1-3-9-26(17-7-8-23-13-17)21(27)19-14-29-20(25-19)15(11-22)12-24-16-5-4-6-18(10-16)28-2/h4-6,10-12,14,17,23H,3,7-9,13,22H2,1-2H3/b15-11+,24-12?/t17-/m0/s1. The van der Waals surface area contributed by atoms with Gasteiger partial charge in [-0.3, -0.25) is 9.79 Å². The number of methoxy groups -OCH3 is 1. The topological polar surface area (TPSA) is 92.8 Å². The number of benzene rings is 1.